The first-order valence-electron chi connectivity index (χ1n) is 9.49. The maximum absolute atomic E-state index is 5.79. The van der Waals surface area contributed by atoms with Crippen LogP contribution in [0, 0.1) is 4.77 Å². The number of aromatic nitrogens is 3. The first-order chi connectivity index (χ1) is 14.2. The molecule has 144 valence electrons. The fourth-order valence-corrected chi connectivity index (χ4v) is 5.21. The Bertz CT molecular complexity index is 1280. The van der Waals surface area contributed by atoms with Crippen molar-refractivity contribution < 1.29 is 0 Å². The molecule has 5 aromatic rings. The predicted octanol–water partition coefficient (Wildman–Crippen LogP) is 5.76. The lowest BCUT2D eigenvalue weighted by atomic mass is 9.98. The number of hydrogen-bond acceptors (Lipinski definition) is 4. The van der Waals surface area contributed by atoms with Crippen molar-refractivity contribution in [2.75, 3.05) is 7.05 Å². The molecule has 0 saturated heterocycles. The van der Waals surface area contributed by atoms with E-state index in [-0.39, 0.29) is 6.04 Å². The molecule has 0 saturated carbocycles. The fourth-order valence-electron chi connectivity index (χ4n) is 3.84. The van der Waals surface area contributed by atoms with Gasteiger partial charge in [-0.25, -0.2) is 4.68 Å². The molecule has 2 heterocycles. The minimum absolute atomic E-state index is 0.121. The van der Waals surface area contributed by atoms with E-state index in [4.69, 9.17) is 17.3 Å². The van der Waals surface area contributed by atoms with Gasteiger partial charge in [-0.1, -0.05) is 84.1 Å². The first kappa shape index (κ1) is 18.2. The average Bonchev–Trinajstić information content (AvgIpc) is 3.26. The standard InChI is InChI=1S/C23H20N4S2/c1-25(21(17-10-4-2-5-11-17)18-12-6-3-7-13-18)16-26-23(28)27-19-14-8-9-15-20(19)29-22(27)24-26/h2-15,21H,16H2,1H3. The number of fused-ring (bicyclic) bond motifs is 3. The Morgan fingerprint density at radius 3 is 2.14 bits per heavy atom. The quantitative estimate of drug-likeness (QED) is 0.341. The van der Waals surface area contributed by atoms with Crippen LogP contribution in [0.5, 0.6) is 0 Å². The number of thiazole rings is 1. The second-order valence-electron chi connectivity index (χ2n) is 7.09. The van der Waals surface area contributed by atoms with Crippen molar-refractivity contribution in [1.29, 1.82) is 0 Å². The molecule has 6 heteroatoms. The van der Waals surface area contributed by atoms with Crippen molar-refractivity contribution in [1.82, 2.24) is 19.1 Å². The van der Waals surface area contributed by atoms with Gasteiger partial charge in [-0.2, -0.15) is 0 Å². The average molecular weight is 417 g/mol. The molecule has 0 unspecified atom stereocenters. The van der Waals surface area contributed by atoms with Gasteiger partial charge in [0.2, 0.25) is 9.73 Å². The van der Waals surface area contributed by atoms with E-state index in [1.807, 2.05) is 16.8 Å². The minimum Gasteiger partial charge on any atom is -0.276 e. The van der Waals surface area contributed by atoms with Gasteiger partial charge < -0.3 is 0 Å². The number of benzene rings is 3. The van der Waals surface area contributed by atoms with E-state index < -0.39 is 0 Å². The molecule has 29 heavy (non-hydrogen) atoms. The predicted molar refractivity (Wildman–Crippen MR) is 122 cm³/mol. The number of rotatable bonds is 5. The lowest BCUT2D eigenvalue weighted by Crippen LogP contribution is -2.28. The Morgan fingerprint density at radius 2 is 1.48 bits per heavy atom. The summed E-state index contributed by atoms with van der Waals surface area (Å²) < 4.78 is 5.92. The molecule has 0 aliphatic rings. The molecule has 0 aliphatic carbocycles. The summed E-state index contributed by atoms with van der Waals surface area (Å²) in [7, 11) is 2.12. The van der Waals surface area contributed by atoms with Crippen molar-refractivity contribution >= 4 is 38.7 Å². The molecule has 4 nitrogen and oxygen atoms in total. The number of para-hydroxylation sites is 1. The van der Waals surface area contributed by atoms with Crippen molar-refractivity contribution in [2.45, 2.75) is 12.7 Å². The number of hydrogen-bond donors (Lipinski definition) is 0. The smallest absolute Gasteiger partial charge is 0.216 e. The Morgan fingerprint density at radius 1 is 0.897 bits per heavy atom. The molecule has 0 radical (unpaired) electrons. The summed E-state index contributed by atoms with van der Waals surface area (Å²) in [4.78, 5) is 3.22. The van der Waals surface area contributed by atoms with Crippen LogP contribution in [-0.4, -0.2) is 26.1 Å². The van der Waals surface area contributed by atoms with Crippen molar-refractivity contribution in [3.63, 3.8) is 0 Å². The molecule has 2 aromatic heterocycles. The number of nitrogens with zero attached hydrogens (tertiary/aromatic N) is 4. The summed E-state index contributed by atoms with van der Waals surface area (Å²) in [6, 6.07) is 29.6. The van der Waals surface area contributed by atoms with E-state index in [9.17, 15) is 0 Å². The zero-order chi connectivity index (χ0) is 19.8. The van der Waals surface area contributed by atoms with Crippen molar-refractivity contribution in [3.8, 4) is 0 Å². The van der Waals surface area contributed by atoms with E-state index in [0.717, 1.165) is 15.2 Å². The van der Waals surface area contributed by atoms with Gasteiger partial charge >= 0.3 is 0 Å². The second kappa shape index (κ2) is 7.55. The Hall–Kier alpha value is -2.80. The van der Waals surface area contributed by atoms with Gasteiger partial charge in [0, 0.05) is 0 Å². The summed E-state index contributed by atoms with van der Waals surface area (Å²) in [6.45, 7) is 0.607. The van der Waals surface area contributed by atoms with Crippen molar-refractivity contribution in [2.24, 2.45) is 0 Å². The zero-order valence-electron chi connectivity index (χ0n) is 16.0. The van der Waals surface area contributed by atoms with Crippen LogP contribution in [0.3, 0.4) is 0 Å². The molecule has 0 fully saturated rings. The van der Waals surface area contributed by atoms with Crippen LogP contribution in [0.4, 0.5) is 0 Å². The fraction of sp³-hybridized carbons (Fsp3) is 0.130. The van der Waals surface area contributed by atoms with E-state index >= 15 is 0 Å². The highest BCUT2D eigenvalue weighted by molar-refractivity contribution is 7.71. The van der Waals surface area contributed by atoms with Gasteiger partial charge in [0.15, 0.2) is 0 Å². The monoisotopic (exact) mass is 416 g/mol. The molecule has 0 atom stereocenters. The SMILES string of the molecule is CN(Cn1nc2sc3ccccc3n2c1=S)C(c1ccccc1)c1ccccc1. The molecule has 0 bridgehead atoms. The third-order valence-electron chi connectivity index (χ3n) is 5.15. The zero-order valence-corrected chi connectivity index (χ0v) is 17.6. The van der Waals surface area contributed by atoms with E-state index in [0.29, 0.717) is 6.67 Å². The Balaban J connectivity index is 1.54. The van der Waals surface area contributed by atoms with E-state index in [1.54, 1.807) is 11.3 Å². The van der Waals surface area contributed by atoms with Crippen LogP contribution in [0.25, 0.3) is 15.2 Å². The minimum atomic E-state index is 0.121. The summed E-state index contributed by atoms with van der Waals surface area (Å²) in [5, 5.41) is 4.81. The molecule has 0 spiro atoms. The third-order valence-corrected chi connectivity index (χ3v) is 6.55. The molecule has 0 amide bonds. The Kier molecular flexibility index (Phi) is 4.75. The summed E-state index contributed by atoms with van der Waals surface area (Å²) >= 11 is 7.46. The lowest BCUT2D eigenvalue weighted by molar-refractivity contribution is 0.208. The van der Waals surface area contributed by atoms with Gasteiger partial charge in [-0.05, 0) is 42.5 Å². The van der Waals surface area contributed by atoms with E-state index in [1.165, 1.54) is 15.8 Å². The van der Waals surface area contributed by atoms with Gasteiger partial charge in [-0.3, -0.25) is 9.30 Å². The summed E-state index contributed by atoms with van der Waals surface area (Å²) in [5.41, 5.74) is 3.62. The maximum Gasteiger partial charge on any atom is 0.216 e. The summed E-state index contributed by atoms with van der Waals surface area (Å²) in [5.74, 6) is 0. The highest BCUT2D eigenvalue weighted by atomic mass is 32.1. The van der Waals surface area contributed by atoms with Crippen LogP contribution in [0.1, 0.15) is 17.2 Å². The third kappa shape index (κ3) is 3.29. The van der Waals surface area contributed by atoms with Gasteiger partial charge in [0.25, 0.3) is 0 Å². The van der Waals surface area contributed by atoms with Crippen LogP contribution >= 0.6 is 23.6 Å². The Labute approximate surface area is 178 Å². The van der Waals surface area contributed by atoms with Gasteiger partial charge in [0.05, 0.1) is 22.9 Å². The molecule has 3 aromatic carbocycles. The van der Waals surface area contributed by atoms with Gasteiger partial charge in [-0.15, -0.1) is 5.10 Å². The second-order valence-corrected chi connectivity index (χ2v) is 8.47. The topological polar surface area (TPSA) is 25.5 Å². The highest BCUT2D eigenvalue weighted by Crippen LogP contribution is 2.29. The molecular weight excluding hydrogens is 396 g/mol. The molecule has 5 rings (SSSR count). The highest BCUT2D eigenvalue weighted by Gasteiger charge is 2.21. The van der Waals surface area contributed by atoms with Crippen LogP contribution in [0.2, 0.25) is 0 Å². The van der Waals surface area contributed by atoms with Gasteiger partial charge in [0.1, 0.15) is 0 Å². The van der Waals surface area contributed by atoms with Crippen LogP contribution < -0.4 is 0 Å². The van der Waals surface area contributed by atoms with Crippen LogP contribution in [0.15, 0.2) is 84.9 Å². The molecule has 0 N–H and O–H groups in total. The largest absolute Gasteiger partial charge is 0.276 e. The maximum atomic E-state index is 5.79. The lowest BCUT2D eigenvalue weighted by Gasteiger charge is -2.28. The summed E-state index contributed by atoms with van der Waals surface area (Å²) in [6.07, 6.45) is 0. The van der Waals surface area contributed by atoms with Crippen LogP contribution in [-0.2, 0) is 6.67 Å². The van der Waals surface area contributed by atoms with E-state index in [2.05, 4.69) is 89.1 Å². The molecular formula is C23H20N4S2. The van der Waals surface area contributed by atoms with Crippen molar-refractivity contribution in [3.05, 3.63) is 101 Å². The first-order valence-corrected chi connectivity index (χ1v) is 10.7. The normalized spacial score (nSPS) is 11.8. The molecule has 0 aliphatic heterocycles.